The molecule has 0 heterocycles. The molecule has 0 saturated heterocycles. The SMILES string of the molecule is CC(C)(C)C1(OC(=O)OO)CCCCC1. The van der Waals surface area contributed by atoms with Gasteiger partial charge in [-0.15, -0.1) is 0 Å². The fraction of sp³-hybridized carbons (Fsp3) is 0.909. The molecule has 0 spiro atoms. The van der Waals surface area contributed by atoms with E-state index in [-0.39, 0.29) is 5.41 Å². The summed E-state index contributed by atoms with van der Waals surface area (Å²) in [6, 6.07) is 0. The molecule has 1 fully saturated rings. The second kappa shape index (κ2) is 4.39. The first kappa shape index (κ1) is 12.3. The molecule has 0 unspecified atom stereocenters. The Morgan fingerprint density at radius 2 is 1.73 bits per heavy atom. The van der Waals surface area contributed by atoms with Crippen LogP contribution >= 0.6 is 0 Å². The lowest BCUT2D eigenvalue weighted by Crippen LogP contribution is -2.48. The number of hydrogen-bond acceptors (Lipinski definition) is 4. The van der Waals surface area contributed by atoms with Gasteiger partial charge in [0.2, 0.25) is 0 Å². The smallest absolute Gasteiger partial charge is 0.425 e. The fourth-order valence-corrected chi connectivity index (χ4v) is 2.31. The van der Waals surface area contributed by atoms with Gasteiger partial charge in [-0.1, -0.05) is 27.2 Å². The van der Waals surface area contributed by atoms with Crippen molar-refractivity contribution in [3.63, 3.8) is 0 Å². The zero-order chi connectivity index (χ0) is 11.5. The molecule has 1 rings (SSSR count). The highest BCUT2D eigenvalue weighted by Gasteiger charge is 2.46. The molecule has 1 aliphatic rings. The third-order valence-electron chi connectivity index (χ3n) is 3.38. The minimum atomic E-state index is -0.994. The van der Waals surface area contributed by atoms with Crippen LogP contribution in [0.5, 0.6) is 0 Å². The number of ether oxygens (including phenoxy) is 1. The van der Waals surface area contributed by atoms with Gasteiger partial charge >= 0.3 is 6.16 Å². The largest absolute Gasteiger partial charge is 0.540 e. The zero-order valence-corrected chi connectivity index (χ0v) is 9.71. The molecule has 15 heavy (non-hydrogen) atoms. The van der Waals surface area contributed by atoms with Crippen molar-refractivity contribution in [3.05, 3.63) is 0 Å². The summed E-state index contributed by atoms with van der Waals surface area (Å²) in [6.07, 6.45) is 3.96. The maximum absolute atomic E-state index is 11.0. The summed E-state index contributed by atoms with van der Waals surface area (Å²) in [5.74, 6) is 0. The van der Waals surface area contributed by atoms with Gasteiger partial charge in [0.1, 0.15) is 5.60 Å². The quantitative estimate of drug-likeness (QED) is 0.415. The van der Waals surface area contributed by atoms with E-state index >= 15 is 0 Å². The lowest BCUT2D eigenvalue weighted by atomic mass is 9.68. The van der Waals surface area contributed by atoms with E-state index in [0.29, 0.717) is 0 Å². The topological polar surface area (TPSA) is 55.8 Å². The molecule has 4 nitrogen and oxygen atoms in total. The molecule has 1 N–H and O–H groups in total. The zero-order valence-electron chi connectivity index (χ0n) is 9.71. The molecule has 0 aromatic heterocycles. The monoisotopic (exact) mass is 216 g/mol. The van der Waals surface area contributed by atoms with Gasteiger partial charge in [-0.3, -0.25) is 4.89 Å². The summed E-state index contributed by atoms with van der Waals surface area (Å²) < 4.78 is 5.28. The Kier molecular flexibility index (Phi) is 3.60. The van der Waals surface area contributed by atoms with Gasteiger partial charge in [0.05, 0.1) is 0 Å². The first-order valence-corrected chi connectivity index (χ1v) is 5.46. The lowest BCUT2D eigenvalue weighted by Gasteiger charge is -2.45. The minimum absolute atomic E-state index is 0.137. The number of carbonyl (C=O) groups is 1. The summed E-state index contributed by atoms with van der Waals surface area (Å²) in [6.45, 7) is 6.13. The van der Waals surface area contributed by atoms with E-state index in [2.05, 4.69) is 4.89 Å². The average molecular weight is 216 g/mol. The molecule has 0 aromatic rings. The van der Waals surface area contributed by atoms with Crippen molar-refractivity contribution in [1.29, 1.82) is 0 Å². The molecule has 0 amide bonds. The van der Waals surface area contributed by atoms with Crippen molar-refractivity contribution < 1.29 is 19.7 Å². The number of carbonyl (C=O) groups excluding carboxylic acids is 1. The van der Waals surface area contributed by atoms with Crippen LogP contribution in [0.15, 0.2) is 0 Å². The van der Waals surface area contributed by atoms with Gasteiger partial charge in [-0.05, 0) is 25.7 Å². The minimum Gasteiger partial charge on any atom is -0.425 e. The average Bonchev–Trinajstić information content (AvgIpc) is 2.17. The predicted octanol–water partition coefficient (Wildman–Crippen LogP) is 3.36. The first-order valence-electron chi connectivity index (χ1n) is 5.46. The predicted molar refractivity (Wildman–Crippen MR) is 55.5 cm³/mol. The maximum Gasteiger partial charge on any atom is 0.540 e. The van der Waals surface area contributed by atoms with Crippen molar-refractivity contribution >= 4 is 6.16 Å². The Labute approximate surface area is 90.5 Å². The Hall–Kier alpha value is -0.770. The normalized spacial score (nSPS) is 20.8. The summed E-state index contributed by atoms with van der Waals surface area (Å²) in [4.78, 5) is 14.6. The van der Waals surface area contributed by atoms with Crippen molar-refractivity contribution in [1.82, 2.24) is 0 Å². The third-order valence-corrected chi connectivity index (χ3v) is 3.38. The molecular weight excluding hydrogens is 196 g/mol. The van der Waals surface area contributed by atoms with Crippen LogP contribution in [0.3, 0.4) is 0 Å². The van der Waals surface area contributed by atoms with Crippen molar-refractivity contribution in [2.24, 2.45) is 5.41 Å². The highest BCUT2D eigenvalue weighted by molar-refractivity contribution is 5.59. The highest BCUT2D eigenvalue weighted by Crippen LogP contribution is 2.45. The van der Waals surface area contributed by atoms with E-state index in [1.54, 1.807) is 0 Å². The number of hydrogen-bond donors (Lipinski definition) is 1. The van der Waals surface area contributed by atoms with Crippen LogP contribution in [-0.4, -0.2) is 17.0 Å². The summed E-state index contributed by atoms with van der Waals surface area (Å²) in [7, 11) is 0. The molecule has 0 aromatic carbocycles. The molecule has 4 heteroatoms. The Morgan fingerprint density at radius 1 is 1.20 bits per heavy atom. The van der Waals surface area contributed by atoms with Crippen LogP contribution in [0.1, 0.15) is 52.9 Å². The third kappa shape index (κ3) is 2.62. The second-order valence-corrected chi connectivity index (χ2v) is 5.25. The van der Waals surface area contributed by atoms with Crippen LogP contribution < -0.4 is 0 Å². The van der Waals surface area contributed by atoms with Gasteiger partial charge in [0.15, 0.2) is 0 Å². The first-order chi connectivity index (χ1) is 6.91. The van der Waals surface area contributed by atoms with Gasteiger partial charge in [0.25, 0.3) is 0 Å². The molecular formula is C11H20O4. The molecule has 88 valence electrons. The second-order valence-electron chi connectivity index (χ2n) is 5.25. The fourth-order valence-electron chi connectivity index (χ4n) is 2.31. The van der Waals surface area contributed by atoms with E-state index in [1.165, 1.54) is 6.42 Å². The number of rotatable bonds is 1. The molecule has 0 aliphatic heterocycles. The molecule has 0 atom stereocenters. The van der Waals surface area contributed by atoms with Gasteiger partial charge in [0, 0.05) is 5.41 Å². The van der Waals surface area contributed by atoms with Gasteiger partial charge in [-0.2, -0.15) is 5.26 Å². The van der Waals surface area contributed by atoms with Crippen molar-refractivity contribution in [3.8, 4) is 0 Å². The van der Waals surface area contributed by atoms with Gasteiger partial charge in [-0.25, -0.2) is 4.79 Å². The van der Waals surface area contributed by atoms with Crippen LogP contribution in [0.2, 0.25) is 0 Å². The summed E-state index contributed by atoms with van der Waals surface area (Å²) in [5, 5.41) is 8.27. The molecule has 1 aliphatic carbocycles. The maximum atomic E-state index is 11.0. The van der Waals surface area contributed by atoms with Crippen LogP contribution in [-0.2, 0) is 9.62 Å². The Morgan fingerprint density at radius 3 is 2.13 bits per heavy atom. The standard InChI is InChI=1S/C11H20O4/c1-10(2,3)11(14-9(12)15-13)7-5-4-6-8-11/h13H,4-8H2,1-3H3. The molecule has 0 radical (unpaired) electrons. The van der Waals surface area contributed by atoms with Crippen LogP contribution in [0.4, 0.5) is 4.79 Å². The van der Waals surface area contributed by atoms with Crippen molar-refractivity contribution in [2.75, 3.05) is 0 Å². The molecule has 1 saturated carbocycles. The lowest BCUT2D eigenvalue weighted by molar-refractivity contribution is -0.226. The highest BCUT2D eigenvalue weighted by atomic mass is 17.1. The van der Waals surface area contributed by atoms with Crippen LogP contribution in [0, 0.1) is 5.41 Å². The molecule has 0 bridgehead atoms. The van der Waals surface area contributed by atoms with E-state index in [0.717, 1.165) is 25.7 Å². The Bertz CT molecular complexity index is 223. The van der Waals surface area contributed by atoms with E-state index in [4.69, 9.17) is 9.99 Å². The van der Waals surface area contributed by atoms with Crippen molar-refractivity contribution in [2.45, 2.75) is 58.5 Å². The van der Waals surface area contributed by atoms with E-state index in [1.807, 2.05) is 20.8 Å². The van der Waals surface area contributed by atoms with Gasteiger partial charge < -0.3 is 4.74 Å². The summed E-state index contributed by atoms with van der Waals surface area (Å²) in [5.41, 5.74) is -0.632. The Balaban J connectivity index is 2.80. The van der Waals surface area contributed by atoms with Crippen LogP contribution in [0.25, 0.3) is 0 Å². The summed E-state index contributed by atoms with van der Waals surface area (Å²) >= 11 is 0. The van der Waals surface area contributed by atoms with E-state index in [9.17, 15) is 4.79 Å². The van der Waals surface area contributed by atoms with E-state index < -0.39 is 11.8 Å².